The first-order valence-electron chi connectivity index (χ1n) is 8.04. The lowest BCUT2D eigenvalue weighted by molar-refractivity contribution is 0.0665. The highest BCUT2D eigenvalue weighted by Gasteiger charge is 2.27. The van der Waals surface area contributed by atoms with Crippen LogP contribution in [0, 0.1) is 0 Å². The highest BCUT2D eigenvalue weighted by molar-refractivity contribution is 5.53. The highest BCUT2D eigenvalue weighted by atomic mass is 16.6. The zero-order chi connectivity index (χ0) is 17.3. The molecular formula is C18H13N5O3. The van der Waals surface area contributed by atoms with Crippen molar-refractivity contribution in [3.63, 3.8) is 0 Å². The van der Waals surface area contributed by atoms with Gasteiger partial charge in [0.2, 0.25) is 11.9 Å². The predicted molar refractivity (Wildman–Crippen MR) is 90.0 cm³/mol. The van der Waals surface area contributed by atoms with E-state index in [2.05, 4.69) is 20.1 Å². The van der Waals surface area contributed by atoms with Crippen molar-refractivity contribution in [2.24, 2.45) is 0 Å². The molecule has 26 heavy (non-hydrogen) atoms. The number of nitrogens with zero attached hydrogens (tertiary/aromatic N) is 5. The molecule has 3 aromatic heterocycles. The largest absolute Gasteiger partial charge is 0.485 e. The highest BCUT2D eigenvalue weighted by Crippen LogP contribution is 2.35. The van der Waals surface area contributed by atoms with Gasteiger partial charge < -0.3 is 14.0 Å². The Balaban J connectivity index is 1.37. The van der Waals surface area contributed by atoms with Gasteiger partial charge in [-0.05, 0) is 24.3 Å². The van der Waals surface area contributed by atoms with E-state index >= 15 is 0 Å². The van der Waals surface area contributed by atoms with Crippen LogP contribution in [0.1, 0.15) is 12.0 Å². The Bertz CT molecular complexity index is 1030. The number of para-hydroxylation sites is 2. The maximum atomic E-state index is 5.89. The van der Waals surface area contributed by atoms with Crippen molar-refractivity contribution in [2.75, 3.05) is 6.61 Å². The number of benzene rings is 1. The smallest absolute Gasteiger partial charge is 0.271 e. The van der Waals surface area contributed by atoms with Crippen LogP contribution < -0.4 is 9.47 Å². The first-order valence-corrected chi connectivity index (χ1v) is 8.04. The topological polar surface area (TPSA) is 88.1 Å². The van der Waals surface area contributed by atoms with Crippen LogP contribution in [-0.4, -0.2) is 31.3 Å². The van der Waals surface area contributed by atoms with Crippen LogP contribution in [-0.2, 0) is 0 Å². The molecule has 0 unspecified atom stereocenters. The van der Waals surface area contributed by atoms with Gasteiger partial charge >= 0.3 is 0 Å². The van der Waals surface area contributed by atoms with E-state index in [1.54, 1.807) is 18.7 Å². The molecule has 0 N–H and O–H groups in total. The van der Waals surface area contributed by atoms with E-state index in [4.69, 9.17) is 14.0 Å². The number of pyridine rings is 1. The van der Waals surface area contributed by atoms with Gasteiger partial charge in [0, 0.05) is 24.2 Å². The van der Waals surface area contributed by atoms with Gasteiger partial charge in [-0.2, -0.15) is 4.98 Å². The first kappa shape index (κ1) is 14.6. The summed E-state index contributed by atoms with van der Waals surface area (Å²) in [5.74, 6) is 2.95. The van der Waals surface area contributed by atoms with Gasteiger partial charge in [-0.1, -0.05) is 17.3 Å². The number of rotatable bonds is 3. The van der Waals surface area contributed by atoms with Crippen LogP contribution in [0.2, 0.25) is 0 Å². The lowest BCUT2D eigenvalue weighted by Crippen LogP contribution is -2.21. The third-order valence-electron chi connectivity index (χ3n) is 4.00. The minimum Gasteiger partial charge on any atom is -0.485 e. The SMILES string of the molecule is c1ccc2c(c1)OC[C@@H](c1nc(-c3ccc(-n4ccnc4)nc3)no1)O2. The summed E-state index contributed by atoms with van der Waals surface area (Å²) in [5.41, 5.74) is 0.751. The molecule has 0 bridgehead atoms. The molecule has 0 amide bonds. The fourth-order valence-electron chi connectivity index (χ4n) is 2.69. The number of hydrogen-bond donors (Lipinski definition) is 0. The summed E-state index contributed by atoms with van der Waals surface area (Å²) >= 11 is 0. The van der Waals surface area contributed by atoms with Crippen LogP contribution in [0.25, 0.3) is 17.2 Å². The van der Waals surface area contributed by atoms with Gasteiger partial charge in [0.15, 0.2) is 11.5 Å². The minimum atomic E-state index is -0.440. The van der Waals surface area contributed by atoms with Crippen molar-refractivity contribution >= 4 is 0 Å². The zero-order valence-electron chi connectivity index (χ0n) is 13.5. The fraction of sp³-hybridized carbons (Fsp3) is 0.111. The van der Waals surface area contributed by atoms with E-state index in [0.717, 1.165) is 11.4 Å². The molecule has 1 aromatic carbocycles. The Labute approximate surface area is 148 Å². The van der Waals surface area contributed by atoms with Gasteiger partial charge in [-0.15, -0.1) is 0 Å². The average molecular weight is 347 g/mol. The van der Waals surface area contributed by atoms with Crippen molar-refractivity contribution in [3.05, 3.63) is 67.2 Å². The molecule has 128 valence electrons. The fourth-order valence-corrected chi connectivity index (χ4v) is 2.69. The number of aromatic nitrogens is 5. The lowest BCUT2D eigenvalue weighted by atomic mass is 10.2. The van der Waals surface area contributed by atoms with Crippen molar-refractivity contribution < 1.29 is 14.0 Å². The molecule has 0 spiro atoms. The summed E-state index contributed by atoms with van der Waals surface area (Å²) < 4.78 is 18.8. The molecule has 4 heterocycles. The lowest BCUT2D eigenvalue weighted by Gasteiger charge is -2.23. The van der Waals surface area contributed by atoms with Crippen molar-refractivity contribution in [1.82, 2.24) is 24.7 Å². The van der Waals surface area contributed by atoms with Crippen LogP contribution >= 0.6 is 0 Å². The Hall–Kier alpha value is -3.68. The van der Waals surface area contributed by atoms with Crippen LogP contribution in [0.15, 0.2) is 65.8 Å². The van der Waals surface area contributed by atoms with Gasteiger partial charge in [0.05, 0.1) is 0 Å². The molecule has 0 saturated carbocycles. The van der Waals surface area contributed by atoms with E-state index in [1.807, 2.05) is 47.2 Å². The summed E-state index contributed by atoms with van der Waals surface area (Å²) in [7, 11) is 0. The third-order valence-corrected chi connectivity index (χ3v) is 4.00. The van der Waals surface area contributed by atoms with Crippen molar-refractivity contribution in [1.29, 1.82) is 0 Å². The molecule has 1 atom stereocenters. The first-order chi connectivity index (χ1) is 12.9. The predicted octanol–water partition coefficient (Wildman–Crippen LogP) is 2.83. The number of fused-ring (bicyclic) bond motifs is 1. The summed E-state index contributed by atoms with van der Waals surface area (Å²) in [6, 6.07) is 11.2. The minimum absolute atomic E-state index is 0.316. The maximum Gasteiger partial charge on any atom is 0.271 e. The second-order valence-electron chi connectivity index (χ2n) is 5.70. The normalized spacial score (nSPS) is 15.8. The number of imidazole rings is 1. The summed E-state index contributed by atoms with van der Waals surface area (Å²) in [5, 5.41) is 4.03. The van der Waals surface area contributed by atoms with Crippen LogP contribution in [0.3, 0.4) is 0 Å². The number of hydrogen-bond acceptors (Lipinski definition) is 7. The van der Waals surface area contributed by atoms with Gasteiger partial charge in [-0.3, -0.25) is 4.57 Å². The molecule has 5 rings (SSSR count). The Morgan fingerprint density at radius 2 is 2.00 bits per heavy atom. The van der Waals surface area contributed by atoms with E-state index in [-0.39, 0.29) is 0 Å². The molecule has 0 saturated heterocycles. The third kappa shape index (κ3) is 2.57. The Morgan fingerprint density at radius 3 is 2.81 bits per heavy atom. The second-order valence-corrected chi connectivity index (χ2v) is 5.70. The van der Waals surface area contributed by atoms with E-state index < -0.39 is 6.10 Å². The molecule has 1 aliphatic rings. The molecule has 0 aliphatic carbocycles. The number of ether oxygens (including phenoxy) is 2. The monoisotopic (exact) mass is 347 g/mol. The summed E-state index contributed by atoms with van der Waals surface area (Å²) in [4.78, 5) is 12.8. The standard InChI is InChI=1S/C18H13N5O3/c1-2-4-14-13(3-1)24-10-15(25-14)18-21-17(22-26-18)12-5-6-16(20-9-12)23-8-7-19-11-23/h1-9,11,15H,10H2/t15-/m0/s1. The molecule has 8 nitrogen and oxygen atoms in total. The Kier molecular flexibility index (Phi) is 3.38. The molecule has 0 fully saturated rings. The molecule has 1 aliphatic heterocycles. The van der Waals surface area contributed by atoms with Gasteiger partial charge in [0.1, 0.15) is 18.8 Å². The molecule has 4 aromatic rings. The van der Waals surface area contributed by atoms with E-state index in [1.165, 1.54) is 0 Å². The maximum absolute atomic E-state index is 5.89. The summed E-state index contributed by atoms with van der Waals surface area (Å²) in [6.07, 6.45) is 6.46. The quantitative estimate of drug-likeness (QED) is 0.563. The second kappa shape index (κ2) is 5.99. The van der Waals surface area contributed by atoms with Gasteiger partial charge in [0.25, 0.3) is 5.89 Å². The summed E-state index contributed by atoms with van der Waals surface area (Å²) in [6.45, 7) is 0.316. The average Bonchev–Trinajstić information content (AvgIpc) is 3.40. The molecular weight excluding hydrogens is 334 g/mol. The molecule has 0 radical (unpaired) electrons. The van der Waals surface area contributed by atoms with E-state index in [0.29, 0.717) is 29.8 Å². The molecule has 8 heteroatoms. The van der Waals surface area contributed by atoms with Crippen molar-refractivity contribution in [3.8, 4) is 28.7 Å². The van der Waals surface area contributed by atoms with Gasteiger partial charge in [-0.25, -0.2) is 9.97 Å². The van der Waals surface area contributed by atoms with Crippen molar-refractivity contribution in [2.45, 2.75) is 6.10 Å². The van der Waals surface area contributed by atoms with E-state index in [9.17, 15) is 0 Å². The zero-order valence-corrected chi connectivity index (χ0v) is 13.5. The van der Waals surface area contributed by atoms with Crippen LogP contribution in [0.5, 0.6) is 11.5 Å². The Morgan fingerprint density at radius 1 is 1.08 bits per heavy atom. The van der Waals surface area contributed by atoms with Crippen LogP contribution in [0.4, 0.5) is 0 Å².